The van der Waals surface area contributed by atoms with Gasteiger partial charge in [0.15, 0.2) is 0 Å². The van der Waals surface area contributed by atoms with E-state index in [1.807, 2.05) is 19.1 Å². The molecule has 1 N–H and O–H groups in total. The summed E-state index contributed by atoms with van der Waals surface area (Å²) in [5.41, 5.74) is -0.673. The van der Waals surface area contributed by atoms with Crippen molar-refractivity contribution in [3.05, 3.63) is 23.7 Å². The molecule has 0 bridgehead atoms. The highest BCUT2D eigenvalue weighted by molar-refractivity contribution is 5.93. The Morgan fingerprint density at radius 3 is 2.67 bits per heavy atom. The van der Waals surface area contributed by atoms with E-state index in [1.54, 1.807) is 4.90 Å². The van der Waals surface area contributed by atoms with E-state index in [1.165, 1.54) is 0 Å². The van der Waals surface area contributed by atoms with Gasteiger partial charge in [-0.25, -0.2) is 0 Å². The van der Waals surface area contributed by atoms with Crippen molar-refractivity contribution >= 4 is 11.8 Å². The Kier molecular flexibility index (Phi) is 3.74. The smallest absolute Gasteiger partial charge is 0.248 e. The van der Waals surface area contributed by atoms with Crippen LogP contribution in [-0.2, 0) is 16.1 Å². The average Bonchev–Trinajstić information content (AvgIpc) is 2.84. The molecule has 5 nitrogen and oxygen atoms in total. The molecule has 0 radical (unpaired) electrons. The van der Waals surface area contributed by atoms with Crippen molar-refractivity contribution in [1.82, 2.24) is 10.2 Å². The molecule has 1 aromatic heterocycles. The SMILES string of the molecule is Cc1ccc(CN2CCC(=O)NC3(CCCCC3)C2=O)o1. The van der Waals surface area contributed by atoms with Crippen molar-refractivity contribution in [3.8, 4) is 0 Å². The van der Waals surface area contributed by atoms with Gasteiger partial charge in [0.1, 0.15) is 17.1 Å². The van der Waals surface area contributed by atoms with Gasteiger partial charge in [-0.2, -0.15) is 0 Å². The molecule has 1 spiro atoms. The fourth-order valence-corrected chi connectivity index (χ4v) is 3.43. The summed E-state index contributed by atoms with van der Waals surface area (Å²) >= 11 is 0. The van der Waals surface area contributed by atoms with Gasteiger partial charge < -0.3 is 14.6 Å². The number of rotatable bonds is 2. The molecule has 0 atom stereocenters. The summed E-state index contributed by atoms with van der Waals surface area (Å²) < 4.78 is 5.58. The van der Waals surface area contributed by atoms with Crippen LogP contribution < -0.4 is 5.32 Å². The number of nitrogens with zero attached hydrogens (tertiary/aromatic N) is 1. The van der Waals surface area contributed by atoms with E-state index in [4.69, 9.17) is 4.42 Å². The Labute approximate surface area is 124 Å². The summed E-state index contributed by atoms with van der Waals surface area (Å²) in [6, 6.07) is 3.80. The lowest BCUT2D eigenvalue weighted by Crippen LogP contribution is -2.57. The van der Waals surface area contributed by atoms with Crippen LogP contribution in [0.3, 0.4) is 0 Å². The standard InChI is InChI=1S/C16H22N2O3/c1-12-5-6-13(21-12)11-18-10-7-14(19)17-16(15(18)20)8-3-2-4-9-16/h5-6H,2-4,7-11H2,1H3,(H,17,19). The van der Waals surface area contributed by atoms with Crippen LogP contribution in [0.2, 0.25) is 0 Å². The summed E-state index contributed by atoms with van der Waals surface area (Å²) in [7, 11) is 0. The van der Waals surface area contributed by atoms with Crippen molar-refractivity contribution in [2.24, 2.45) is 0 Å². The number of carbonyl (C=O) groups excluding carboxylic acids is 2. The van der Waals surface area contributed by atoms with Crippen LogP contribution in [0.25, 0.3) is 0 Å². The second-order valence-corrected chi connectivity index (χ2v) is 6.18. The van der Waals surface area contributed by atoms with Gasteiger partial charge in [0.05, 0.1) is 6.54 Å². The zero-order valence-electron chi connectivity index (χ0n) is 12.5. The molecule has 2 fully saturated rings. The van der Waals surface area contributed by atoms with Gasteiger partial charge in [0, 0.05) is 13.0 Å². The van der Waals surface area contributed by atoms with Gasteiger partial charge in [-0.1, -0.05) is 19.3 Å². The van der Waals surface area contributed by atoms with Crippen LogP contribution in [0, 0.1) is 6.92 Å². The highest BCUT2D eigenvalue weighted by atomic mass is 16.3. The van der Waals surface area contributed by atoms with Gasteiger partial charge in [-0.05, 0) is 31.9 Å². The molecule has 2 amide bonds. The lowest BCUT2D eigenvalue weighted by atomic mass is 9.80. The fourth-order valence-electron chi connectivity index (χ4n) is 3.43. The molecule has 0 unspecified atom stereocenters. The molecular weight excluding hydrogens is 268 g/mol. The molecule has 2 heterocycles. The Hall–Kier alpha value is -1.78. The predicted molar refractivity (Wildman–Crippen MR) is 77.4 cm³/mol. The highest BCUT2D eigenvalue weighted by Gasteiger charge is 2.45. The van der Waals surface area contributed by atoms with Crippen LogP contribution in [-0.4, -0.2) is 28.8 Å². The van der Waals surface area contributed by atoms with Crippen molar-refractivity contribution in [2.75, 3.05) is 6.54 Å². The Balaban J connectivity index is 1.82. The quantitative estimate of drug-likeness (QED) is 0.907. The predicted octanol–water partition coefficient (Wildman–Crippen LogP) is 2.14. The Morgan fingerprint density at radius 2 is 2.00 bits per heavy atom. The first-order chi connectivity index (χ1) is 10.1. The molecule has 0 aromatic carbocycles. The van der Waals surface area contributed by atoms with E-state index in [2.05, 4.69) is 5.32 Å². The first kappa shape index (κ1) is 14.2. The minimum absolute atomic E-state index is 0.0108. The first-order valence-electron chi connectivity index (χ1n) is 7.75. The number of nitrogens with one attached hydrogen (secondary N) is 1. The van der Waals surface area contributed by atoms with Crippen molar-refractivity contribution in [2.45, 2.75) is 57.5 Å². The molecule has 3 rings (SSSR count). The average molecular weight is 290 g/mol. The van der Waals surface area contributed by atoms with E-state index in [0.29, 0.717) is 19.5 Å². The lowest BCUT2D eigenvalue weighted by molar-refractivity contribution is -0.141. The number of carbonyl (C=O) groups is 2. The number of amides is 2. The Morgan fingerprint density at radius 1 is 1.24 bits per heavy atom. The molecular formula is C16H22N2O3. The minimum Gasteiger partial charge on any atom is -0.464 e. The fraction of sp³-hybridized carbons (Fsp3) is 0.625. The summed E-state index contributed by atoms with van der Waals surface area (Å²) in [4.78, 5) is 26.7. The van der Waals surface area contributed by atoms with Gasteiger partial charge >= 0.3 is 0 Å². The number of furan rings is 1. The minimum atomic E-state index is -0.673. The maximum atomic E-state index is 12.9. The highest BCUT2D eigenvalue weighted by Crippen LogP contribution is 2.32. The number of hydrogen-bond donors (Lipinski definition) is 1. The maximum absolute atomic E-state index is 12.9. The van der Waals surface area contributed by atoms with Crippen LogP contribution in [0.1, 0.15) is 50.0 Å². The molecule has 1 aliphatic heterocycles. The number of hydrogen-bond acceptors (Lipinski definition) is 3. The van der Waals surface area contributed by atoms with Crippen LogP contribution in [0.4, 0.5) is 0 Å². The van der Waals surface area contributed by atoms with E-state index >= 15 is 0 Å². The monoisotopic (exact) mass is 290 g/mol. The molecule has 1 saturated carbocycles. The van der Waals surface area contributed by atoms with Gasteiger partial charge in [-0.15, -0.1) is 0 Å². The first-order valence-corrected chi connectivity index (χ1v) is 7.75. The van der Waals surface area contributed by atoms with Gasteiger partial charge in [-0.3, -0.25) is 9.59 Å². The van der Waals surface area contributed by atoms with Crippen LogP contribution in [0.5, 0.6) is 0 Å². The largest absolute Gasteiger partial charge is 0.464 e. The third-order valence-corrected chi connectivity index (χ3v) is 4.53. The zero-order chi connectivity index (χ0) is 14.9. The third-order valence-electron chi connectivity index (χ3n) is 4.53. The Bertz CT molecular complexity index is 543. The topological polar surface area (TPSA) is 62.6 Å². The van der Waals surface area contributed by atoms with Crippen molar-refractivity contribution in [1.29, 1.82) is 0 Å². The van der Waals surface area contributed by atoms with E-state index in [-0.39, 0.29) is 11.8 Å². The van der Waals surface area contributed by atoms with E-state index < -0.39 is 5.54 Å². The molecule has 114 valence electrons. The van der Waals surface area contributed by atoms with Gasteiger partial charge in [0.25, 0.3) is 0 Å². The van der Waals surface area contributed by atoms with Crippen molar-refractivity contribution in [3.63, 3.8) is 0 Å². The maximum Gasteiger partial charge on any atom is 0.248 e. The number of aryl methyl sites for hydroxylation is 1. The normalized spacial score (nSPS) is 22.2. The molecule has 1 aliphatic carbocycles. The molecule has 5 heteroatoms. The third kappa shape index (κ3) is 2.82. The summed E-state index contributed by atoms with van der Waals surface area (Å²) in [6.45, 7) is 2.80. The second-order valence-electron chi connectivity index (χ2n) is 6.18. The summed E-state index contributed by atoms with van der Waals surface area (Å²) in [5, 5.41) is 3.00. The molecule has 2 aliphatic rings. The van der Waals surface area contributed by atoms with Crippen molar-refractivity contribution < 1.29 is 14.0 Å². The summed E-state index contributed by atoms with van der Waals surface area (Å²) in [5.74, 6) is 1.67. The second kappa shape index (κ2) is 5.54. The lowest BCUT2D eigenvalue weighted by Gasteiger charge is -2.37. The van der Waals surface area contributed by atoms with E-state index in [9.17, 15) is 9.59 Å². The zero-order valence-corrected chi connectivity index (χ0v) is 12.5. The van der Waals surface area contributed by atoms with Crippen LogP contribution >= 0.6 is 0 Å². The van der Waals surface area contributed by atoms with Gasteiger partial charge in [0.2, 0.25) is 11.8 Å². The molecule has 1 aromatic rings. The van der Waals surface area contributed by atoms with E-state index in [0.717, 1.165) is 43.6 Å². The molecule has 1 saturated heterocycles. The summed E-state index contributed by atoms with van der Waals surface area (Å²) in [6.07, 6.45) is 5.02. The molecule has 21 heavy (non-hydrogen) atoms. The van der Waals surface area contributed by atoms with Crippen LogP contribution in [0.15, 0.2) is 16.5 Å².